The molecular weight excluding hydrogens is 384 g/mol. The number of pyridine rings is 2. The molecule has 2 aromatic heterocycles. The molecule has 1 saturated carbocycles. The van der Waals surface area contributed by atoms with Gasteiger partial charge in [-0.25, -0.2) is 4.98 Å². The van der Waals surface area contributed by atoms with Crippen LogP contribution in [0.5, 0.6) is 0 Å². The zero-order chi connectivity index (χ0) is 21.2. The Labute approximate surface area is 183 Å². The summed E-state index contributed by atoms with van der Waals surface area (Å²) in [5.41, 5.74) is 5.02. The number of carbonyl (C=O) groups is 1. The van der Waals surface area contributed by atoms with Gasteiger partial charge in [0.1, 0.15) is 5.82 Å². The quantitative estimate of drug-likeness (QED) is 0.599. The van der Waals surface area contributed by atoms with Crippen molar-refractivity contribution in [2.45, 2.75) is 44.4 Å². The second kappa shape index (κ2) is 6.78. The third-order valence-corrected chi connectivity index (χ3v) is 7.80. The van der Waals surface area contributed by atoms with E-state index in [2.05, 4.69) is 47.1 Å². The molecule has 2 aliphatic heterocycles. The van der Waals surface area contributed by atoms with Crippen molar-refractivity contribution >= 4 is 28.3 Å². The predicted molar refractivity (Wildman–Crippen MR) is 125 cm³/mol. The largest absolute Gasteiger partial charge is 0.357 e. The molecule has 1 amide bonds. The minimum Gasteiger partial charge on any atom is -0.357 e. The molecule has 3 aromatic rings. The number of hydrogen-bond donors (Lipinski definition) is 0. The Morgan fingerprint density at radius 3 is 2.45 bits per heavy atom. The number of amides is 1. The maximum Gasteiger partial charge on any atom is 0.237 e. The highest BCUT2D eigenvalue weighted by Crippen LogP contribution is 2.55. The number of likely N-dealkylation sites (N-methyl/N-ethyl adjacent to an activating group) is 1. The minimum absolute atomic E-state index is 0.232. The van der Waals surface area contributed by atoms with Crippen LogP contribution in [0, 0.1) is 5.92 Å². The predicted octanol–water partition coefficient (Wildman–Crippen LogP) is 4.93. The van der Waals surface area contributed by atoms with Crippen molar-refractivity contribution in [2.24, 2.45) is 5.92 Å². The van der Waals surface area contributed by atoms with Gasteiger partial charge in [-0.3, -0.25) is 9.78 Å². The number of nitrogens with zero attached hydrogens (tertiary/aromatic N) is 4. The van der Waals surface area contributed by atoms with E-state index in [0.717, 1.165) is 71.8 Å². The minimum atomic E-state index is -0.336. The third kappa shape index (κ3) is 2.72. The van der Waals surface area contributed by atoms with Crippen LogP contribution < -0.4 is 9.80 Å². The lowest BCUT2D eigenvalue weighted by Crippen LogP contribution is -2.43. The fraction of sp³-hybridized carbons (Fsp3) is 0.423. The van der Waals surface area contributed by atoms with Gasteiger partial charge in [0, 0.05) is 42.8 Å². The van der Waals surface area contributed by atoms with Gasteiger partial charge in [0.2, 0.25) is 5.91 Å². The van der Waals surface area contributed by atoms with E-state index >= 15 is 0 Å². The second-order valence-electron chi connectivity index (χ2n) is 9.62. The van der Waals surface area contributed by atoms with Crippen molar-refractivity contribution < 1.29 is 4.79 Å². The summed E-state index contributed by atoms with van der Waals surface area (Å²) < 4.78 is 0. The summed E-state index contributed by atoms with van der Waals surface area (Å²) in [7, 11) is 1.88. The normalized spacial score (nSPS) is 20.4. The van der Waals surface area contributed by atoms with Gasteiger partial charge >= 0.3 is 0 Å². The number of aromatic nitrogens is 2. The van der Waals surface area contributed by atoms with Gasteiger partial charge in [-0.05, 0) is 61.4 Å². The van der Waals surface area contributed by atoms with E-state index in [4.69, 9.17) is 4.98 Å². The summed E-state index contributed by atoms with van der Waals surface area (Å²) in [6, 6.07) is 10.7. The van der Waals surface area contributed by atoms with Gasteiger partial charge in [0.15, 0.2) is 0 Å². The first-order valence-corrected chi connectivity index (χ1v) is 11.5. The van der Waals surface area contributed by atoms with Gasteiger partial charge < -0.3 is 9.80 Å². The van der Waals surface area contributed by atoms with Crippen LogP contribution >= 0.6 is 0 Å². The zero-order valence-corrected chi connectivity index (χ0v) is 18.3. The molecule has 0 atom stereocenters. The molecule has 1 spiro atoms. The Morgan fingerprint density at radius 2 is 1.77 bits per heavy atom. The Morgan fingerprint density at radius 1 is 1.00 bits per heavy atom. The molecule has 158 valence electrons. The number of fused-ring (bicyclic) bond motifs is 4. The van der Waals surface area contributed by atoms with Crippen molar-refractivity contribution in [3.63, 3.8) is 0 Å². The zero-order valence-electron chi connectivity index (χ0n) is 18.3. The first-order chi connectivity index (χ1) is 15.1. The molecule has 1 aliphatic carbocycles. The fourth-order valence-corrected chi connectivity index (χ4v) is 5.63. The lowest BCUT2D eigenvalue weighted by atomic mass is 9.64. The SMILES string of the molecule is CC1CCN(c2ccc(-c3ccc4ncc5c(c4c3)C3(CCC3)C(=O)N5C)cn2)CC1. The molecule has 0 bridgehead atoms. The summed E-state index contributed by atoms with van der Waals surface area (Å²) in [4.78, 5) is 26.7. The second-order valence-corrected chi connectivity index (χ2v) is 9.62. The lowest BCUT2D eigenvalue weighted by Gasteiger charge is -2.37. The summed E-state index contributed by atoms with van der Waals surface area (Å²) in [5.74, 6) is 2.11. The van der Waals surface area contributed by atoms with Crippen molar-refractivity contribution in [1.29, 1.82) is 0 Å². The number of benzene rings is 1. The Bertz CT molecular complexity index is 1170. The van der Waals surface area contributed by atoms with Crippen molar-refractivity contribution in [1.82, 2.24) is 9.97 Å². The first-order valence-electron chi connectivity index (χ1n) is 11.5. The molecular formula is C26H28N4O. The number of carbonyl (C=O) groups excluding carboxylic acids is 1. The Balaban J connectivity index is 1.39. The first kappa shape index (κ1) is 18.8. The third-order valence-electron chi connectivity index (χ3n) is 7.80. The molecule has 5 nitrogen and oxygen atoms in total. The van der Waals surface area contributed by atoms with Crippen LogP contribution in [0.2, 0.25) is 0 Å². The van der Waals surface area contributed by atoms with Gasteiger partial charge in [-0.2, -0.15) is 0 Å². The van der Waals surface area contributed by atoms with Gasteiger partial charge in [0.25, 0.3) is 0 Å². The van der Waals surface area contributed by atoms with E-state index in [1.54, 1.807) is 0 Å². The summed E-state index contributed by atoms with van der Waals surface area (Å²) in [6.07, 6.45) is 9.33. The van der Waals surface area contributed by atoms with Crippen LogP contribution in [0.25, 0.3) is 22.0 Å². The highest BCUT2D eigenvalue weighted by atomic mass is 16.2. The molecule has 0 unspecified atom stereocenters. The van der Waals surface area contributed by atoms with Crippen molar-refractivity contribution in [3.8, 4) is 11.1 Å². The average Bonchev–Trinajstić information content (AvgIpc) is 3.02. The lowest BCUT2D eigenvalue weighted by molar-refractivity contribution is -0.125. The van der Waals surface area contributed by atoms with E-state index in [-0.39, 0.29) is 11.3 Å². The Kier molecular flexibility index (Phi) is 4.11. The van der Waals surface area contributed by atoms with Crippen LogP contribution in [0.1, 0.15) is 44.6 Å². The number of piperidine rings is 1. The molecule has 4 heterocycles. The average molecular weight is 413 g/mol. The van der Waals surface area contributed by atoms with E-state index in [0.29, 0.717) is 0 Å². The molecule has 0 radical (unpaired) electrons. The van der Waals surface area contributed by atoms with Crippen LogP contribution in [-0.2, 0) is 10.2 Å². The summed E-state index contributed by atoms with van der Waals surface area (Å²) in [5, 5.41) is 1.11. The van der Waals surface area contributed by atoms with E-state index in [1.165, 1.54) is 18.4 Å². The van der Waals surface area contributed by atoms with Gasteiger partial charge in [-0.1, -0.05) is 19.4 Å². The van der Waals surface area contributed by atoms with Crippen LogP contribution in [-0.4, -0.2) is 36.0 Å². The summed E-state index contributed by atoms with van der Waals surface area (Å²) in [6.45, 7) is 4.51. The van der Waals surface area contributed by atoms with Gasteiger partial charge in [0.05, 0.1) is 22.8 Å². The van der Waals surface area contributed by atoms with Crippen molar-refractivity contribution in [2.75, 3.05) is 29.9 Å². The van der Waals surface area contributed by atoms with Crippen LogP contribution in [0.4, 0.5) is 11.5 Å². The molecule has 1 aromatic carbocycles. The fourth-order valence-electron chi connectivity index (χ4n) is 5.63. The topological polar surface area (TPSA) is 49.3 Å². The molecule has 2 fully saturated rings. The standard InChI is InChI=1S/C26H28N4O/c1-17-8-12-30(13-9-17)23-7-5-19(15-28-23)18-4-6-21-20(14-18)24-22(16-27-21)29(2)25(31)26(24)10-3-11-26/h4-7,14-17H,3,8-13H2,1-2H3. The van der Waals surface area contributed by atoms with E-state index < -0.39 is 0 Å². The van der Waals surface area contributed by atoms with Crippen LogP contribution in [0.3, 0.4) is 0 Å². The van der Waals surface area contributed by atoms with E-state index in [1.807, 2.05) is 24.3 Å². The molecule has 0 N–H and O–H groups in total. The smallest absolute Gasteiger partial charge is 0.237 e. The van der Waals surface area contributed by atoms with Gasteiger partial charge in [-0.15, -0.1) is 0 Å². The molecule has 3 aliphatic rings. The number of hydrogen-bond acceptors (Lipinski definition) is 4. The Hall–Kier alpha value is -2.95. The maximum atomic E-state index is 13.1. The highest BCUT2D eigenvalue weighted by molar-refractivity contribution is 6.13. The van der Waals surface area contributed by atoms with E-state index in [9.17, 15) is 4.79 Å². The number of rotatable bonds is 2. The monoisotopic (exact) mass is 412 g/mol. The molecule has 5 heteroatoms. The van der Waals surface area contributed by atoms with Crippen LogP contribution in [0.15, 0.2) is 42.7 Å². The van der Waals surface area contributed by atoms with Crippen molar-refractivity contribution in [3.05, 3.63) is 48.3 Å². The molecule has 6 rings (SSSR count). The molecule has 1 saturated heterocycles. The number of anilines is 2. The highest BCUT2D eigenvalue weighted by Gasteiger charge is 2.54. The summed E-state index contributed by atoms with van der Waals surface area (Å²) >= 11 is 0. The molecule has 31 heavy (non-hydrogen) atoms. The maximum absolute atomic E-state index is 13.1.